The summed E-state index contributed by atoms with van der Waals surface area (Å²) in [4.78, 5) is 44.6. The van der Waals surface area contributed by atoms with E-state index in [9.17, 15) is 14.4 Å². The van der Waals surface area contributed by atoms with Crippen molar-refractivity contribution in [1.82, 2.24) is 25.4 Å². The lowest BCUT2D eigenvalue weighted by atomic mass is 9.89. The van der Waals surface area contributed by atoms with Crippen LogP contribution in [0.2, 0.25) is 0 Å². The average molecular weight is 384 g/mol. The van der Waals surface area contributed by atoms with E-state index in [1.807, 2.05) is 6.07 Å². The molecule has 3 amide bonds. The van der Waals surface area contributed by atoms with Crippen molar-refractivity contribution in [3.8, 4) is 0 Å². The van der Waals surface area contributed by atoms with Crippen LogP contribution in [0.1, 0.15) is 35.2 Å². The van der Waals surface area contributed by atoms with E-state index in [-0.39, 0.29) is 18.2 Å². The highest BCUT2D eigenvalue weighted by atomic mass is 16.2. The molecule has 0 spiro atoms. The molecule has 3 N–H and O–H groups in total. The van der Waals surface area contributed by atoms with Crippen LogP contribution >= 0.6 is 0 Å². The number of carbonyl (C=O) groups is 3. The molecule has 0 saturated carbocycles. The van der Waals surface area contributed by atoms with E-state index in [0.717, 1.165) is 37.6 Å². The maximum atomic E-state index is 12.7. The molecular weight excluding hydrogens is 360 g/mol. The van der Waals surface area contributed by atoms with Crippen LogP contribution < -0.4 is 16.0 Å². The molecule has 5 heterocycles. The van der Waals surface area contributed by atoms with Crippen LogP contribution in [0.4, 0.5) is 5.82 Å². The first-order valence-electron chi connectivity index (χ1n) is 9.94. The number of nitrogens with one attached hydrogen (secondary N) is 3. The van der Waals surface area contributed by atoms with Gasteiger partial charge in [-0.05, 0) is 24.5 Å². The van der Waals surface area contributed by atoms with Gasteiger partial charge in [0.25, 0.3) is 5.91 Å². The maximum Gasteiger partial charge on any atom is 0.256 e. The number of hydrogen-bond acceptors (Lipinski definition) is 7. The zero-order valence-electron chi connectivity index (χ0n) is 15.6. The molecule has 3 atom stereocenters. The number of pyridine rings is 1. The highest BCUT2D eigenvalue weighted by molar-refractivity contribution is 6.05. The first-order chi connectivity index (χ1) is 13.6. The predicted octanol–water partition coefficient (Wildman–Crippen LogP) is -0.699. The lowest BCUT2D eigenvalue weighted by Crippen LogP contribution is -2.68. The second kappa shape index (κ2) is 6.82. The number of fused-ring (bicyclic) bond motifs is 3. The maximum absolute atomic E-state index is 12.7. The standard InChI is InChI=1S/C19H24N6O3/c26-17-2-1-15(18(27)23-17)25-10-11-5-16(22-9-14(11)19(25)28)21-3-4-24-12-6-13(24)8-20-7-12/h5,9,12-13,15,20H,1-4,6-8,10H2,(H,21,22)(H,23,26,27). The Balaban J connectivity index is 1.21. The number of rotatable bonds is 5. The Morgan fingerprint density at radius 1 is 1.21 bits per heavy atom. The second-order valence-electron chi connectivity index (χ2n) is 7.99. The number of anilines is 1. The summed E-state index contributed by atoms with van der Waals surface area (Å²) in [5, 5.41) is 9.12. The summed E-state index contributed by atoms with van der Waals surface area (Å²) in [5.41, 5.74) is 1.41. The molecule has 5 rings (SSSR count). The molecule has 1 aromatic rings. The number of carbonyl (C=O) groups excluding carboxylic acids is 3. The van der Waals surface area contributed by atoms with Gasteiger partial charge in [0.15, 0.2) is 0 Å². The van der Waals surface area contributed by atoms with E-state index < -0.39 is 11.9 Å². The van der Waals surface area contributed by atoms with E-state index in [2.05, 4.69) is 25.8 Å². The third kappa shape index (κ3) is 2.94. The van der Waals surface area contributed by atoms with Crippen LogP contribution in [0.3, 0.4) is 0 Å². The lowest BCUT2D eigenvalue weighted by molar-refractivity contribution is -0.136. The van der Waals surface area contributed by atoms with Crippen molar-refractivity contribution < 1.29 is 14.4 Å². The van der Waals surface area contributed by atoms with Gasteiger partial charge in [0, 0.05) is 57.4 Å². The average Bonchev–Trinajstić information content (AvgIpc) is 3.01. The van der Waals surface area contributed by atoms with Crippen molar-refractivity contribution in [3.63, 3.8) is 0 Å². The Labute approximate surface area is 162 Å². The largest absolute Gasteiger partial charge is 0.369 e. The molecule has 0 radical (unpaired) electrons. The molecule has 1 aromatic heterocycles. The monoisotopic (exact) mass is 384 g/mol. The number of amides is 3. The van der Waals surface area contributed by atoms with Crippen LogP contribution in [0, 0.1) is 0 Å². The number of piperidine rings is 2. The third-order valence-electron chi connectivity index (χ3n) is 6.33. The summed E-state index contributed by atoms with van der Waals surface area (Å²) in [6, 6.07) is 2.63. The van der Waals surface area contributed by atoms with E-state index in [1.54, 1.807) is 11.1 Å². The molecule has 0 aliphatic carbocycles. The van der Waals surface area contributed by atoms with E-state index in [1.165, 1.54) is 6.42 Å². The Morgan fingerprint density at radius 2 is 2.04 bits per heavy atom. The third-order valence-corrected chi connectivity index (χ3v) is 6.33. The smallest absolute Gasteiger partial charge is 0.256 e. The van der Waals surface area contributed by atoms with Crippen LogP contribution in [0.5, 0.6) is 0 Å². The van der Waals surface area contributed by atoms with Crippen molar-refractivity contribution in [2.75, 3.05) is 31.5 Å². The van der Waals surface area contributed by atoms with Gasteiger partial charge >= 0.3 is 0 Å². The van der Waals surface area contributed by atoms with Crippen LogP contribution in [-0.4, -0.2) is 76.8 Å². The number of piperazine rings is 1. The van der Waals surface area contributed by atoms with Gasteiger partial charge in [-0.2, -0.15) is 0 Å². The Kier molecular flexibility index (Phi) is 4.28. The zero-order valence-corrected chi connectivity index (χ0v) is 15.6. The summed E-state index contributed by atoms with van der Waals surface area (Å²) < 4.78 is 0. The molecule has 148 valence electrons. The normalized spacial score (nSPS) is 29.4. The molecule has 4 aliphatic rings. The molecule has 9 nitrogen and oxygen atoms in total. The summed E-state index contributed by atoms with van der Waals surface area (Å²) in [6.07, 6.45) is 3.52. The van der Waals surface area contributed by atoms with Crippen molar-refractivity contribution in [2.24, 2.45) is 0 Å². The van der Waals surface area contributed by atoms with Crippen molar-refractivity contribution >= 4 is 23.5 Å². The number of aromatic nitrogens is 1. The molecule has 28 heavy (non-hydrogen) atoms. The van der Waals surface area contributed by atoms with Crippen LogP contribution in [-0.2, 0) is 16.1 Å². The predicted molar refractivity (Wildman–Crippen MR) is 101 cm³/mol. The SMILES string of the molecule is O=C1CCC(N2Cc3cc(NCCN4C5CNCC4C5)ncc3C2=O)C(=O)N1. The molecule has 2 bridgehead atoms. The molecule has 3 saturated heterocycles. The highest BCUT2D eigenvalue weighted by Gasteiger charge is 2.41. The Hall–Kier alpha value is -2.52. The molecule has 0 aromatic carbocycles. The molecule has 3 fully saturated rings. The first kappa shape index (κ1) is 17.6. The molecule has 4 aliphatic heterocycles. The zero-order chi connectivity index (χ0) is 19.3. The van der Waals surface area contributed by atoms with Gasteiger partial charge in [-0.15, -0.1) is 0 Å². The van der Waals surface area contributed by atoms with Crippen LogP contribution in [0.15, 0.2) is 12.3 Å². The van der Waals surface area contributed by atoms with Crippen molar-refractivity contribution in [3.05, 3.63) is 23.4 Å². The number of nitrogens with zero attached hydrogens (tertiary/aromatic N) is 3. The molecule has 9 heteroatoms. The van der Waals surface area contributed by atoms with Gasteiger partial charge in [-0.1, -0.05) is 0 Å². The second-order valence-corrected chi connectivity index (χ2v) is 7.99. The van der Waals surface area contributed by atoms with Gasteiger partial charge < -0.3 is 15.5 Å². The number of imide groups is 1. The van der Waals surface area contributed by atoms with Gasteiger partial charge in [0.05, 0.1) is 5.56 Å². The fourth-order valence-electron chi connectivity index (χ4n) is 4.80. The molecular formula is C19H24N6O3. The first-order valence-corrected chi connectivity index (χ1v) is 9.94. The van der Waals surface area contributed by atoms with Gasteiger partial charge in [0.1, 0.15) is 11.9 Å². The summed E-state index contributed by atoms with van der Waals surface area (Å²) in [5.74, 6) is -0.107. The summed E-state index contributed by atoms with van der Waals surface area (Å²) >= 11 is 0. The minimum absolute atomic E-state index is 0.190. The summed E-state index contributed by atoms with van der Waals surface area (Å²) in [7, 11) is 0. The summed E-state index contributed by atoms with van der Waals surface area (Å²) in [6.45, 7) is 4.32. The quantitative estimate of drug-likeness (QED) is 0.577. The highest BCUT2D eigenvalue weighted by Crippen LogP contribution is 2.29. The number of hydrogen-bond donors (Lipinski definition) is 3. The Bertz CT molecular complexity index is 829. The topological polar surface area (TPSA) is 107 Å². The fraction of sp³-hybridized carbons (Fsp3) is 0.579. The molecule has 3 unspecified atom stereocenters. The van der Waals surface area contributed by atoms with Crippen LogP contribution in [0.25, 0.3) is 0 Å². The van der Waals surface area contributed by atoms with E-state index in [4.69, 9.17) is 0 Å². The van der Waals surface area contributed by atoms with Crippen molar-refractivity contribution in [2.45, 2.75) is 43.9 Å². The van der Waals surface area contributed by atoms with Gasteiger partial charge in [-0.3, -0.25) is 24.6 Å². The fourth-order valence-corrected chi connectivity index (χ4v) is 4.80. The van der Waals surface area contributed by atoms with Gasteiger partial charge in [0.2, 0.25) is 11.8 Å². The minimum Gasteiger partial charge on any atom is -0.369 e. The van der Waals surface area contributed by atoms with E-state index >= 15 is 0 Å². The Morgan fingerprint density at radius 3 is 2.79 bits per heavy atom. The lowest BCUT2D eigenvalue weighted by Gasteiger charge is -2.53. The minimum atomic E-state index is -0.589. The van der Waals surface area contributed by atoms with Crippen molar-refractivity contribution in [1.29, 1.82) is 0 Å². The van der Waals surface area contributed by atoms with Gasteiger partial charge in [-0.25, -0.2) is 4.98 Å². The van der Waals surface area contributed by atoms with E-state index in [0.29, 0.717) is 30.6 Å².